The van der Waals surface area contributed by atoms with Gasteiger partial charge in [0.2, 0.25) is 11.8 Å². The lowest BCUT2D eigenvalue weighted by Gasteiger charge is -2.35. The summed E-state index contributed by atoms with van der Waals surface area (Å²) >= 11 is 0. The monoisotopic (exact) mass is 348 g/mol. The molecule has 11 heteroatoms. The van der Waals surface area contributed by atoms with Crippen molar-refractivity contribution in [2.75, 3.05) is 13.2 Å². The van der Waals surface area contributed by atoms with E-state index in [9.17, 15) is 32.7 Å². The van der Waals surface area contributed by atoms with Crippen LogP contribution < -0.4 is 5.32 Å². The summed E-state index contributed by atoms with van der Waals surface area (Å²) in [5, 5.41) is 10.3. The molecule has 2 rings (SSSR count). The lowest BCUT2D eigenvalue weighted by molar-refractivity contribution is -0.162. The van der Waals surface area contributed by atoms with E-state index in [-0.39, 0.29) is 25.5 Å². The molecule has 2 N–H and O–H groups in total. The zero-order chi connectivity index (χ0) is 17.6. The second-order valence-electron chi connectivity index (χ2n) is 5.47. The number of nitrogens with zero attached hydrogens (tertiary/aromatic N) is 1. The fourth-order valence-electron chi connectivity index (χ4n) is 2.77. The number of fused-ring (bicyclic) bond motifs is 1. The van der Waals surface area contributed by atoms with Crippen LogP contribution in [0.5, 0.6) is 0 Å². The van der Waals surface area contributed by atoms with Gasteiger partial charge in [-0.15, -0.1) is 0 Å². The second-order valence-corrected chi connectivity index (χ2v) is 7.95. The SMILES string of the molecule is CC(=O)NCCOC(=O)[C@@]1(C)[C@H](C(=O)O)N2C(=O)C[C@@H]2S1(=O)=O. The van der Waals surface area contributed by atoms with E-state index in [1.165, 1.54) is 6.92 Å². The molecule has 2 aliphatic heterocycles. The summed E-state index contributed by atoms with van der Waals surface area (Å²) in [6, 6.07) is -1.83. The molecule has 2 amide bonds. The first kappa shape index (κ1) is 17.2. The van der Waals surface area contributed by atoms with Crippen molar-refractivity contribution in [3.8, 4) is 0 Å². The molecule has 0 unspecified atom stereocenters. The highest BCUT2D eigenvalue weighted by molar-refractivity contribution is 7.94. The first-order chi connectivity index (χ1) is 10.5. The van der Waals surface area contributed by atoms with Crippen molar-refractivity contribution in [1.82, 2.24) is 10.2 Å². The van der Waals surface area contributed by atoms with Gasteiger partial charge in [-0.05, 0) is 6.92 Å². The minimum Gasteiger partial charge on any atom is -0.480 e. The number of carboxylic acid groups (broad SMARTS) is 1. The van der Waals surface area contributed by atoms with E-state index in [4.69, 9.17) is 4.74 Å². The standard InChI is InChI=1S/C12H16N2O8S/c1-6(15)13-3-4-22-11(19)12(2)9(10(17)18)14-7(16)5-8(14)23(12,20)21/h8-9H,3-5H2,1-2H3,(H,13,15)(H,17,18)/t8-,9-,12+/m0/s1. The van der Waals surface area contributed by atoms with Gasteiger partial charge in [0.05, 0.1) is 13.0 Å². The van der Waals surface area contributed by atoms with Crippen molar-refractivity contribution < 1.29 is 37.4 Å². The Labute approximate surface area is 131 Å². The van der Waals surface area contributed by atoms with Crippen LogP contribution in [0.3, 0.4) is 0 Å². The van der Waals surface area contributed by atoms with Crippen LogP contribution >= 0.6 is 0 Å². The van der Waals surface area contributed by atoms with Crippen LogP contribution in [0.15, 0.2) is 0 Å². The average molecular weight is 348 g/mol. The third kappa shape index (κ3) is 2.35. The van der Waals surface area contributed by atoms with Gasteiger partial charge in [-0.25, -0.2) is 13.2 Å². The van der Waals surface area contributed by atoms with E-state index in [2.05, 4.69) is 5.32 Å². The predicted molar refractivity (Wildman–Crippen MR) is 73.6 cm³/mol. The van der Waals surface area contributed by atoms with Crippen LogP contribution in [0.25, 0.3) is 0 Å². The van der Waals surface area contributed by atoms with Crippen LogP contribution in [-0.2, 0) is 33.8 Å². The zero-order valence-corrected chi connectivity index (χ0v) is 13.3. The number of carbonyl (C=O) groups excluding carboxylic acids is 3. The van der Waals surface area contributed by atoms with Crippen LogP contribution in [-0.4, -0.2) is 71.5 Å². The van der Waals surface area contributed by atoms with Gasteiger partial charge in [0, 0.05) is 6.92 Å². The zero-order valence-electron chi connectivity index (χ0n) is 12.4. The van der Waals surface area contributed by atoms with Crippen LogP contribution in [0.2, 0.25) is 0 Å². The lowest BCUT2D eigenvalue weighted by atomic mass is 9.96. The van der Waals surface area contributed by atoms with Crippen molar-refractivity contribution in [1.29, 1.82) is 0 Å². The summed E-state index contributed by atoms with van der Waals surface area (Å²) in [5.74, 6) is -3.84. The van der Waals surface area contributed by atoms with Gasteiger partial charge in [-0.2, -0.15) is 0 Å². The Kier molecular flexibility index (Phi) is 4.09. The molecule has 0 spiro atoms. The molecule has 2 fully saturated rings. The third-order valence-corrected chi connectivity index (χ3v) is 6.73. The summed E-state index contributed by atoms with van der Waals surface area (Å²) in [4.78, 5) is 46.7. The molecular formula is C12H16N2O8S. The number of carboxylic acids is 1. The topological polar surface area (TPSA) is 147 Å². The Bertz CT molecular complexity index is 687. The minimum absolute atomic E-state index is 0.0407. The molecule has 23 heavy (non-hydrogen) atoms. The Morgan fingerprint density at radius 3 is 2.52 bits per heavy atom. The molecule has 0 aromatic rings. The molecule has 3 atom stereocenters. The highest BCUT2D eigenvalue weighted by Gasteiger charge is 2.73. The second kappa shape index (κ2) is 5.48. The molecule has 0 aliphatic carbocycles. The third-order valence-electron chi connectivity index (χ3n) is 4.05. The van der Waals surface area contributed by atoms with Crippen molar-refractivity contribution >= 4 is 33.6 Å². The van der Waals surface area contributed by atoms with Gasteiger partial charge >= 0.3 is 11.9 Å². The first-order valence-electron chi connectivity index (χ1n) is 6.74. The molecule has 2 saturated heterocycles. The van der Waals surface area contributed by atoms with Crippen molar-refractivity contribution in [3.05, 3.63) is 0 Å². The molecule has 0 radical (unpaired) electrons. The fraction of sp³-hybridized carbons (Fsp3) is 0.667. The summed E-state index contributed by atoms with van der Waals surface area (Å²) in [7, 11) is -4.25. The van der Waals surface area contributed by atoms with Gasteiger partial charge in [-0.1, -0.05) is 0 Å². The molecule has 0 aromatic carbocycles. The number of esters is 1. The number of hydrogen-bond donors (Lipinski definition) is 2. The van der Waals surface area contributed by atoms with E-state index in [0.717, 1.165) is 6.92 Å². The Balaban J connectivity index is 2.25. The highest BCUT2D eigenvalue weighted by Crippen LogP contribution is 2.46. The van der Waals surface area contributed by atoms with Gasteiger partial charge in [0.1, 0.15) is 12.0 Å². The van der Waals surface area contributed by atoms with E-state index in [0.29, 0.717) is 4.90 Å². The number of carbonyl (C=O) groups is 4. The largest absolute Gasteiger partial charge is 0.480 e. The molecule has 2 heterocycles. The number of β-lactam (4-membered cyclic amide) rings is 1. The van der Waals surface area contributed by atoms with Crippen molar-refractivity contribution in [3.63, 3.8) is 0 Å². The number of sulfone groups is 1. The van der Waals surface area contributed by atoms with E-state index >= 15 is 0 Å². The number of amides is 2. The van der Waals surface area contributed by atoms with E-state index < -0.39 is 43.8 Å². The molecule has 0 aromatic heterocycles. The molecule has 0 saturated carbocycles. The first-order valence-corrected chi connectivity index (χ1v) is 8.29. The van der Waals surface area contributed by atoms with Gasteiger partial charge < -0.3 is 20.1 Å². The van der Waals surface area contributed by atoms with Crippen molar-refractivity contribution in [2.45, 2.75) is 36.4 Å². The number of ether oxygens (including phenoxy) is 1. The average Bonchev–Trinajstić information content (AvgIpc) is 2.58. The summed E-state index contributed by atoms with van der Waals surface area (Å²) in [6.07, 6.45) is -0.346. The highest BCUT2D eigenvalue weighted by atomic mass is 32.2. The fourth-order valence-corrected chi connectivity index (χ4v) is 5.05. The molecule has 2 aliphatic rings. The normalized spacial score (nSPS) is 31.0. The van der Waals surface area contributed by atoms with E-state index in [1.807, 2.05) is 0 Å². The minimum atomic E-state index is -4.25. The van der Waals surface area contributed by atoms with Gasteiger partial charge in [0.15, 0.2) is 20.6 Å². The maximum absolute atomic E-state index is 12.5. The Hall–Kier alpha value is -2.17. The lowest BCUT2D eigenvalue weighted by Crippen LogP contribution is -2.59. The van der Waals surface area contributed by atoms with Gasteiger partial charge in [-0.3, -0.25) is 14.4 Å². The number of aliphatic carboxylic acids is 1. The molecular weight excluding hydrogens is 332 g/mol. The predicted octanol–water partition coefficient (Wildman–Crippen LogP) is -2.14. The smallest absolute Gasteiger partial charge is 0.330 e. The number of rotatable bonds is 5. The maximum atomic E-state index is 12.5. The van der Waals surface area contributed by atoms with Gasteiger partial charge in [0.25, 0.3) is 0 Å². The van der Waals surface area contributed by atoms with Crippen LogP contribution in [0.4, 0.5) is 0 Å². The molecule has 0 bridgehead atoms. The van der Waals surface area contributed by atoms with E-state index in [1.54, 1.807) is 0 Å². The number of nitrogens with one attached hydrogen (secondary N) is 1. The van der Waals surface area contributed by atoms with Crippen LogP contribution in [0, 0.1) is 0 Å². The summed E-state index contributed by atoms with van der Waals surface area (Å²) in [6.45, 7) is 1.85. The Morgan fingerprint density at radius 1 is 1.43 bits per heavy atom. The van der Waals surface area contributed by atoms with Crippen LogP contribution in [0.1, 0.15) is 20.3 Å². The molecule has 128 valence electrons. The van der Waals surface area contributed by atoms with Crippen molar-refractivity contribution in [2.24, 2.45) is 0 Å². The summed E-state index contributed by atoms with van der Waals surface area (Å²) in [5.41, 5.74) is 0. The Morgan fingerprint density at radius 2 is 2.04 bits per heavy atom. The number of hydrogen-bond acceptors (Lipinski definition) is 7. The maximum Gasteiger partial charge on any atom is 0.330 e. The summed E-state index contributed by atoms with van der Waals surface area (Å²) < 4.78 is 27.4. The molecule has 10 nitrogen and oxygen atoms in total. The quantitative estimate of drug-likeness (QED) is 0.325.